The zero-order valence-corrected chi connectivity index (χ0v) is 19.7. The summed E-state index contributed by atoms with van der Waals surface area (Å²) in [5, 5.41) is 12.2. The maximum Gasteiger partial charge on any atom is 0.266 e. The first-order valence-corrected chi connectivity index (χ1v) is 11.0. The van der Waals surface area contributed by atoms with Gasteiger partial charge in [0, 0.05) is 11.8 Å². The lowest BCUT2D eigenvalue weighted by atomic mass is 10.1. The molecule has 3 rings (SSSR count). The van der Waals surface area contributed by atoms with Gasteiger partial charge in [0.25, 0.3) is 5.91 Å². The molecule has 0 aromatic heterocycles. The van der Waals surface area contributed by atoms with Crippen LogP contribution in [-0.2, 0) is 11.4 Å². The third-order valence-electron chi connectivity index (χ3n) is 4.40. The summed E-state index contributed by atoms with van der Waals surface area (Å²) in [6, 6.07) is 20.2. The van der Waals surface area contributed by atoms with Gasteiger partial charge in [-0.2, -0.15) is 5.26 Å². The molecule has 3 aromatic rings. The number of carbonyl (C=O) groups excluding carboxylic acids is 1. The Morgan fingerprint density at radius 2 is 1.91 bits per heavy atom. The first kappa shape index (κ1) is 24.0. The Bertz CT molecular complexity index is 1200. The zero-order valence-electron chi connectivity index (χ0n) is 18.1. The third-order valence-corrected chi connectivity index (χ3v) is 5.02. The fourth-order valence-electron chi connectivity index (χ4n) is 2.90. The Kier molecular flexibility index (Phi) is 8.22. The van der Waals surface area contributed by atoms with Gasteiger partial charge in [0.05, 0.1) is 10.6 Å². The van der Waals surface area contributed by atoms with Gasteiger partial charge in [-0.15, -0.1) is 0 Å². The summed E-state index contributed by atoms with van der Waals surface area (Å²) in [6.07, 6.45) is 1.50. The fraction of sp³-hybridized carbons (Fsp3) is 0.154. The summed E-state index contributed by atoms with van der Waals surface area (Å²) in [4.78, 5) is 12.6. The molecule has 0 aliphatic carbocycles. The molecule has 0 radical (unpaired) electrons. The number of ether oxygens (including phenoxy) is 2. The van der Waals surface area contributed by atoms with E-state index in [1.165, 1.54) is 18.2 Å². The van der Waals surface area contributed by atoms with Gasteiger partial charge in [-0.3, -0.25) is 4.79 Å². The number of hydrogen-bond acceptors (Lipinski definition) is 4. The predicted octanol–water partition coefficient (Wildman–Crippen LogP) is 6.50. The smallest absolute Gasteiger partial charge is 0.266 e. The summed E-state index contributed by atoms with van der Waals surface area (Å²) in [5.74, 6) is 0.392. The number of nitriles is 1. The molecule has 0 aliphatic heterocycles. The highest BCUT2D eigenvalue weighted by Gasteiger charge is 2.11. The van der Waals surface area contributed by atoms with E-state index in [1.807, 2.05) is 19.9 Å². The molecular formula is C26H22BrFN2O3. The number of benzene rings is 3. The minimum atomic E-state index is -0.521. The lowest BCUT2D eigenvalue weighted by Crippen LogP contribution is -2.13. The molecule has 3 aromatic carbocycles. The second kappa shape index (κ2) is 11.3. The van der Waals surface area contributed by atoms with Gasteiger partial charge in [0.15, 0.2) is 0 Å². The molecule has 0 saturated heterocycles. The van der Waals surface area contributed by atoms with Gasteiger partial charge in [-0.05, 0) is 83.4 Å². The lowest BCUT2D eigenvalue weighted by Gasteiger charge is -2.11. The molecule has 7 heteroatoms. The quantitative estimate of drug-likeness (QED) is 0.278. The minimum Gasteiger partial charge on any atom is -0.491 e. The number of rotatable bonds is 8. The van der Waals surface area contributed by atoms with Gasteiger partial charge in [0.2, 0.25) is 0 Å². The molecule has 0 spiro atoms. The van der Waals surface area contributed by atoms with Crippen molar-refractivity contribution in [2.75, 3.05) is 5.32 Å². The first-order valence-electron chi connectivity index (χ1n) is 10.2. The van der Waals surface area contributed by atoms with E-state index in [0.717, 1.165) is 5.56 Å². The van der Waals surface area contributed by atoms with Crippen molar-refractivity contribution in [1.82, 2.24) is 0 Å². The Balaban J connectivity index is 1.68. The molecule has 1 N–H and O–H groups in total. The van der Waals surface area contributed by atoms with Crippen LogP contribution in [0.3, 0.4) is 0 Å². The van der Waals surface area contributed by atoms with E-state index in [1.54, 1.807) is 54.6 Å². The monoisotopic (exact) mass is 508 g/mol. The van der Waals surface area contributed by atoms with Crippen LogP contribution in [0, 0.1) is 17.1 Å². The molecule has 1 amide bonds. The van der Waals surface area contributed by atoms with Crippen molar-refractivity contribution in [1.29, 1.82) is 5.26 Å². The van der Waals surface area contributed by atoms with Gasteiger partial charge < -0.3 is 14.8 Å². The summed E-state index contributed by atoms with van der Waals surface area (Å²) in [7, 11) is 0. The number of halogens is 2. The summed E-state index contributed by atoms with van der Waals surface area (Å²) >= 11 is 3.45. The van der Waals surface area contributed by atoms with Crippen molar-refractivity contribution in [3.63, 3.8) is 0 Å². The van der Waals surface area contributed by atoms with E-state index in [-0.39, 0.29) is 24.1 Å². The van der Waals surface area contributed by atoms with E-state index in [9.17, 15) is 14.4 Å². The summed E-state index contributed by atoms with van der Waals surface area (Å²) in [6.45, 7) is 4.11. The number of nitrogens with one attached hydrogen (secondary N) is 1. The summed E-state index contributed by atoms with van der Waals surface area (Å²) < 4.78 is 25.1. The van der Waals surface area contributed by atoms with E-state index < -0.39 is 5.91 Å². The Labute approximate surface area is 200 Å². The van der Waals surface area contributed by atoms with Crippen molar-refractivity contribution in [3.05, 3.63) is 93.7 Å². The Morgan fingerprint density at radius 1 is 1.15 bits per heavy atom. The number of anilines is 1. The molecule has 0 unspecified atom stereocenters. The fourth-order valence-corrected chi connectivity index (χ4v) is 3.41. The molecule has 168 valence electrons. The van der Waals surface area contributed by atoms with Crippen molar-refractivity contribution >= 4 is 33.6 Å². The van der Waals surface area contributed by atoms with Crippen molar-refractivity contribution in [3.8, 4) is 17.6 Å². The largest absolute Gasteiger partial charge is 0.491 e. The molecule has 0 fully saturated rings. The van der Waals surface area contributed by atoms with Gasteiger partial charge >= 0.3 is 0 Å². The highest BCUT2D eigenvalue weighted by molar-refractivity contribution is 9.10. The lowest BCUT2D eigenvalue weighted by molar-refractivity contribution is -0.112. The second-order valence-corrected chi connectivity index (χ2v) is 8.28. The predicted molar refractivity (Wildman–Crippen MR) is 129 cm³/mol. The van der Waals surface area contributed by atoms with Gasteiger partial charge in [0.1, 0.15) is 35.6 Å². The van der Waals surface area contributed by atoms with Crippen LogP contribution in [0.25, 0.3) is 6.08 Å². The summed E-state index contributed by atoms with van der Waals surface area (Å²) in [5.41, 5.74) is 1.97. The second-order valence-electron chi connectivity index (χ2n) is 7.42. The SMILES string of the molecule is CC(C)Oc1cccc(NC(=O)/C(C#N)=C\c2ccc(OCc3ccc(F)cc3)c(Br)c2)c1. The first-order chi connectivity index (χ1) is 15.8. The molecule has 0 aliphatic rings. The molecule has 0 heterocycles. The Hall–Kier alpha value is -3.63. The average Bonchev–Trinajstić information content (AvgIpc) is 2.77. The minimum absolute atomic E-state index is 0.00612. The van der Waals surface area contributed by atoms with Gasteiger partial charge in [-0.25, -0.2) is 4.39 Å². The molecule has 0 atom stereocenters. The van der Waals surface area contributed by atoms with Crippen molar-refractivity contribution in [2.45, 2.75) is 26.6 Å². The van der Waals surface area contributed by atoms with Gasteiger partial charge in [-0.1, -0.05) is 24.3 Å². The average molecular weight is 509 g/mol. The van der Waals surface area contributed by atoms with Crippen LogP contribution >= 0.6 is 15.9 Å². The van der Waals surface area contributed by atoms with E-state index in [2.05, 4.69) is 21.2 Å². The molecule has 33 heavy (non-hydrogen) atoms. The van der Waals surface area contributed by atoms with E-state index >= 15 is 0 Å². The normalized spacial score (nSPS) is 11.1. The van der Waals surface area contributed by atoms with Crippen LogP contribution in [-0.4, -0.2) is 12.0 Å². The van der Waals surface area contributed by atoms with Crippen LogP contribution in [0.4, 0.5) is 10.1 Å². The van der Waals surface area contributed by atoms with Crippen LogP contribution < -0.4 is 14.8 Å². The van der Waals surface area contributed by atoms with Crippen molar-refractivity contribution < 1.29 is 18.7 Å². The molecule has 0 saturated carbocycles. The van der Waals surface area contributed by atoms with Crippen LogP contribution in [0.5, 0.6) is 11.5 Å². The standard InChI is InChI=1S/C26H22BrFN2O3/c1-17(2)33-23-5-3-4-22(14-23)30-26(31)20(15-29)12-19-8-11-25(24(27)13-19)32-16-18-6-9-21(28)10-7-18/h3-14,17H,16H2,1-2H3,(H,30,31)/b20-12-. The Morgan fingerprint density at radius 3 is 2.58 bits per heavy atom. The van der Waals surface area contributed by atoms with Crippen molar-refractivity contribution in [2.24, 2.45) is 0 Å². The molecular weight excluding hydrogens is 487 g/mol. The number of carbonyl (C=O) groups is 1. The van der Waals surface area contributed by atoms with Crippen LogP contribution in [0.15, 0.2) is 76.8 Å². The van der Waals surface area contributed by atoms with Crippen LogP contribution in [0.2, 0.25) is 0 Å². The van der Waals surface area contributed by atoms with E-state index in [4.69, 9.17) is 9.47 Å². The number of hydrogen-bond donors (Lipinski definition) is 1. The topological polar surface area (TPSA) is 71.3 Å². The molecule has 0 bridgehead atoms. The highest BCUT2D eigenvalue weighted by atomic mass is 79.9. The maximum atomic E-state index is 13.0. The van der Waals surface area contributed by atoms with E-state index in [0.29, 0.717) is 27.2 Å². The highest BCUT2D eigenvalue weighted by Crippen LogP contribution is 2.28. The third kappa shape index (κ3) is 7.19. The number of amides is 1. The van der Waals surface area contributed by atoms with Crippen LogP contribution in [0.1, 0.15) is 25.0 Å². The number of nitrogens with zero attached hydrogens (tertiary/aromatic N) is 1. The zero-order chi connectivity index (χ0) is 23.8. The molecule has 5 nitrogen and oxygen atoms in total. The maximum absolute atomic E-state index is 13.0.